The molecule has 3 heterocycles. The van der Waals surface area contributed by atoms with Crippen LogP contribution >= 0.6 is 11.3 Å². The Labute approximate surface area is 135 Å². The van der Waals surface area contributed by atoms with E-state index in [4.69, 9.17) is 9.47 Å². The zero-order valence-corrected chi connectivity index (χ0v) is 13.8. The molecule has 0 aromatic carbocycles. The van der Waals surface area contributed by atoms with Crippen molar-refractivity contribution in [2.45, 2.75) is 31.6 Å². The van der Waals surface area contributed by atoms with Crippen molar-refractivity contribution in [3.63, 3.8) is 0 Å². The molecule has 1 aromatic rings. The summed E-state index contributed by atoms with van der Waals surface area (Å²) >= 11 is 1.74. The Hall–Kier alpha value is -0.950. The van der Waals surface area contributed by atoms with Crippen molar-refractivity contribution in [2.24, 2.45) is 5.92 Å². The lowest BCUT2D eigenvalue weighted by Crippen LogP contribution is -2.42. The molecule has 5 nitrogen and oxygen atoms in total. The van der Waals surface area contributed by atoms with Gasteiger partial charge in [-0.05, 0) is 47.7 Å². The number of fused-ring (bicyclic) bond motifs is 1. The highest BCUT2D eigenvalue weighted by Crippen LogP contribution is 2.33. The third-order valence-electron chi connectivity index (χ3n) is 4.52. The molecule has 0 bridgehead atoms. The standard InChI is InChI=1S/C16H24N2O3S/c1-20-6-4-17-16(19)14-8-13-2-5-18(10-15(13)21-14)9-12-3-7-22-11-12/h3,7,11,13-15H,2,4-6,8-10H2,1H3,(H,17,19)/t13-,14+,15-/m1/s1. The van der Waals surface area contributed by atoms with Crippen LogP contribution in [0, 0.1) is 5.92 Å². The topological polar surface area (TPSA) is 50.8 Å². The molecule has 0 unspecified atom stereocenters. The molecular weight excluding hydrogens is 300 g/mol. The zero-order valence-electron chi connectivity index (χ0n) is 13.0. The maximum absolute atomic E-state index is 12.1. The van der Waals surface area contributed by atoms with Crippen LogP contribution < -0.4 is 5.32 Å². The molecule has 2 aliphatic rings. The molecule has 0 saturated carbocycles. The van der Waals surface area contributed by atoms with E-state index in [0.717, 1.165) is 32.5 Å². The molecule has 0 aliphatic carbocycles. The van der Waals surface area contributed by atoms with Crippen LogP contribution in [-0.4, -0.2) is 56.4 Å². The molecule has 3 rings (SSSR count). The van der Waals surface area contributed by atoms with Crippen LogP contribution in [0.5, 0.6) is 0 Å². The number of thiophene rings is 1. The van der Waals surface area contributed by atoms with Crippen molar-refractivity contribution < 1.29 is 14.3 Å². The summed E-state index contributed by atoms with van der Waals surface area (Å²) in [6.45, 7) is 4.11. The monoisotopic (exact) mass is 324 g/mol. The average Bonchev–Trinajstić information content (AvgIpc) is 3.16. The predicted molar refractivity (Wildman–Crippen MR) is 85.9 cm³/mol. The molecule has 122 valence electrons. The highest BCUT2D eigenvalue weighted by Gasteiger charge is 2.41. The summed E-state index contributed by atoms with van der Waals surface area (Å²) in [5.74, 6) is 0.535. The van der Waals surface area contributed by atoms with Crippen molar-refractivity contribution in [3.05, 3.63) is 22.4 Å². The molecule has 1 N–H and O–H groups in total. The van der Waals surface area contributed by atoms with E-state index in [9.17, 15) is 4.79 Å². The first-order chi connectivity index (χ1) is 10.8. The largest absolute Gasteiger partial charge is 0.383 e. The van der Waals surface area contributed by atoms with Crippen molar-refractivity contribution in [1.29, 1.82) is 0 Å². The SMILES string of the molecule is COCCNC(=O)[C@@H]1C[C@H]2CCN(Cc3ccsc3)C[C@H]2O1. The number of carbonyl (C=O) groups is 1. The van der Waals surface area contributed by atoms with Gasteiger partial charge in [-0.1, -0.05) is 0 Å². The number of rotatable bonds is 6. The Morgan fingerprint density at radius 3 is 3.27 bits per heavy atom. The fourth-order valence-electron chi connectivity index (χ4n) is 3.34. The summed E-state index contributed by atoms with van der Waals surface area (Å²) < 4.78 is 11.0. The molecule has 3 atom stereocenters. The van der Waals surface area contributed by atoms with Crippen LogP contribution in [0.3, 0.4) is 0 Å². The summed E-state index contributed by atoms with van der Waals surface area (Å²) in [6, 6.07) is 2.18. The third-order valence-corrected chi connectivity index (χ3v) is 5.25. The number of hydrogen-bond donors (Lipinski definition) is 1. The summed E-state index contributed by atoms with van der Waals surface area (Å²) in [6.07, 6.45) is 1.89. The number of carbonyl (C=O) groups excluding carboxylic acids is 1. The Morgan fingerprint density at radius 2 is 2.50 bits per heavy atom. The second-order valence-electron chi connectivity index (χ2n) is 6.10. The lowest BCUT2D eigenvalue weighted by molar-refractivity contribution is -0.133. The first kappa shape index (κ1) is 15.9. The van der Waals surface area contributed by atoms with Crippen molar-refractivity contribution in [1.82, 2.24) is 10.2 Å². The van der Waals surface area contributed by atoms with Gasteiger partial charge in [-0.25, -0.2) is 0 Å². The fraction of sp³-hybridized carbons (Fsp3) is 0.688. The van der Waals surface area contributed by atoms with Gasteiger partial charge in [0.2, 0.25) is 5.91 Å². The number of nitrogens with one attached hydrogen (secondary N) is 1. The first-order valence-electron chi connectivity index (χ1n) is 7.92. The molecule has 0 spiro atoms. The van der Waals surface area contributed by atoms with Gasteiger partial charge in [-0.15, -0.1) is 0 Å². The number of amides is 1. The summed E-state index contributed by atoms with van der Waals surface area (Å²) in [7, 11) is 1.63. The van der Waals surface area contributed by atoms with Crippen molar-refractivity contribution in [2.75, 3.05) is 33.4 Å². The summed E-state index contributed by atoms with van der Waals surface area (Å²) in [5.41, 5.74) is 1.37. The van der Waals surface area contributed by atoms with Gasteiger partial charge in [0.1, 0.15) is 6.10 Å². The second-order valence-corrected chi connectivity index (χ2v) is 6.88. The third kappa shape index (κ3) is 3.87. The van der Waals surface area contributed by atoms with Gasteiger partial charge in [-0.3, -0.25) is 9.69 Å². The Bertz CT molecular complexity index is 480. The van der Waals surface area contributed by atoms with Crippen LogP contribution in [0.15, 0.2) is 16.8 Å². The van der Waals surface area contributed by atoms with E-state index in [1.54, 1.807) is 18.4 Å². The Kier molecular flexibility index (Phi) is 5.46. The second kappa shape index (κ2) is 7.55. The highest BCUT2D eigenvalue weighted by atomic mass is 32.1. The quantitative estimate of drug-likeness (QED) is 0.806. The molecule has 1 aromatic heterocycles. The Morgan fingerprint density at radius 1 is 1.59 bits per heavy atom. The van der Waals surface area contributed by atoms with E-state index in [2.05, 4.69) is 27.0 Å². The maximum Gasteiger partial charge on any atom is 0.249 e. The van der Waals surface area contributed by atoms with E-state index < -0.39 is 0 Å². The van der Waals surface area contributed by atoms with E-state index in [1.165, 1.54) is 5.56 Å². The summed E-state index contributed by atoms with van der Waals surface area (Å²) in [4.78, 5) is 14.5. The van der Waals surface area contributed by atoms with E-state index >= 15 is 0 Å². The zero-order chi connectivity index (χ0) is 15.4. The molecule has 22 heavy (non-hydrogen) atoms. The normalized spacial score (nSPS) is 28.5. The van der Waals surface area contributed by atoms with Gasteiger partial charge in [0, 0.05) is 26.7 Å². The number of nitrogens with zero attached hydrogens (tertiary/aromatic N) is 1. The van der Waals surface area contributed by atoms with Crippen molar-refractivity contribution >= 4 is 17.2 Å². The minimum atomic E-state index is -0.284. The number of piperidine rings is 1. The molecular formula is C16H24N2O3S. The molecule has 2 fully saturated rings. The van der Waals surface area contributed by atoms with E-state index in [0.29, 0.717) is 19.1 Å². The molecule has 0 radical (unpaired) electrons. The van der Waals surface area contributed by atoms with Crippen LogP contribution in [0.4, 0.5) is 0 Å². The number of likely N-dealkylation sites (tertiary alicyclic amines) is 1. The van der Waals surface area contributed by atoms with E-state index in [1.807, 2.05) is 0 Å². The number of methoxy groups -OCH3 is 1. The van der Waals surface area contributed by atoms with Gasteiger partial charge < -0.3 is 14.8 Å². The van der Waals surface area contributed by atoms with Crippen molar-refractivity contribution in [3.8, 4) is 0 Å². The smallest absolute Gasteiger partial charge is 0.249 e. The van der Waals surface area contributed by atoms with Gasteiger partial charge in [-0.2, -0.15) is 11.3 Å². The maximum atomic E-state index is 12.1. The van der Waals surface area contributed by atoms with Crippen LogP contribution in [0.25, 0.3) is 0 Å². The number of ether oxygens (including phenoxy) is 2. The van der Waals surface area contributed by atoms with Crippen LogP contribution in [0.2, 0.25) is 0 Å². The molecule has 1 amide bonds. The van der Waals surface area contributed by atoms with Crippen LogP contribution in [-0.2, 0) is 20.8 Å². The molecule has 2 saturated heterocycles. The number of hydrogen-bond acceptors (Lipinski definition) is 5. The lowest BCUT2D eigenvalue weighted by Gasteiger charge is -2.33. The highest BCUT2D eigenvalue weighted by molar-refractivity contribution is 7.07. The van der Waals surface area contributed by atoms with E-state index in [-0.39, 0.29) is 18.1 Å². The van der Waals surface area contributed by atoms with Gasteiger partial charge in [0.15, 0.2) is 0 Å². The fourth-order valence-corrected chi connectivity index (χ4v) is 4.00. The van der Waals surface area contributed by atoms with Crippen LogP contribution in [0.1, 0.15) is 18.4 Å². The molecule has 2 aliphatic heterocycles. The van der Waals surface area contributed by atoms with Gasteiger partial charge in [0.05, 0.1) is 12.7 Å². The Balaban J connectivity index is 1.47. The summed E-state index contributed by atoms with van der Waals surface area (Å²) in [5, 5.41) is 7.20. The average molecular weight is 324 g/mol. The minimum Gasteiger partial charge on any atom is -0.383 e. The van der Waals surface area contributed by atoms with Gasteiger partial charge >= 0.3 is 0 Å². The van der Waals surface area contributed by atoms with Gasteiger partial charge in [0.25, 0.3) is 0 Å². The molecule has 6 heteroatoms. The lowest BCUT2D eigenvalue weighted by atomic mass is 9.91. The predicted octanol–water partition coefficient (Wildman–Crippen LogP) is 1.49. The first-order valence-corrected chi connectivity index (χ1v) is 8.86. The minimum absolute atomic E-state index is 0.0100.